The Bertz CT molecular complexity index is 1190. The number of carbonyl (C=O) groups excluding carboxylic acids is 2. The van der Waals surface area contributed by atoms with E-state index in [-0.39, 0.29) is 23.2 Å². The standard InChI is InChI=1S/C24H19F2N3O2S/c25-19-8-7-18(14-20(19)26)27-23(31)21-15-32-24(28-21)17-10-12-29(13-11-17)22(30)9-6-16-4-2-1-3-5-16/h1-5,7-8,14-15,17H,10-13H2,(H,27,31). The third kappa shape index (κ3) is 5.18. The monoisotopic (exact) mass is 451 g/mol. The maximum Gasteiger partial charge on any atom is 0.298 e. The Morgan fingerprint density at radius 2 is 1.81 bits per heavy atom. The molecule has 1 saturated heterocycles. The summed E-state index contributed by atoms with van der Waals surface area (Å²) in [7, 11) is 0. The number of hydrogen-bond acceptors (Lipinski definition) is 4. The summed E-state index contributed by atoms with van der Waals surface area (Å²) < 4.78 is 26.4. The Morgan fingerprint density at radius 3 is 2.53 bits per heavy atom. The van der Waals surface area contributed by atoms with Gasteiger partial charge in [-0.25, -0.2) is 13.8 Å². The van der Waals surface area contributed by atoms with Crippen molar-refractivity contribution in [2.45, 2.75) is 18.8 Å². The highest BCUT2D eigenvalue weighted by Gasteiger charge is 2.26. The lowest BCUT2D eigenvalue weighted by molar-refractivity contribution is -0.126. The van der Waals surface area contributed by atoms with E-state index in [1.165, 1.54) is 17.4 Å². The number of nitrogens with zero attached hydrogens (tertiary/aromatic N) is 2. The summed E-state index contributed by atoms with van der Waals surface area (Å²) in [5.41, 5.74) is 1.18. The van der Waals surface area contributed by atoms with Crippen molar-refractivity contribution in [1.82, 2.24) is 9.88 Å². The number of rotatable bonds is 3. The van der Waals surface area contributed by atoms with E-state index >= 15 is 0 Å². The molecule has 1 aliphatic heterocycles. The van der Waals surface area contributed by atoms with Gasteiger partial charge < -0.3 is 10.2 Å². The summed E-state index contributed by atoms with van der Waals surface area (Å²) in [6, 6.07) is 12.5. The third-order valence-corrected chi connectivity index (χ3v) is 6.16. The van der Waals surface area contributed by atoms with Gasteiger partial charge in [0.2, 0.25) is 0 Å². The van der Waals surface area contributed by atoms with Crippen molar-refractivity contribution in [3.63, 3.8) is 0 Å². The maximum atomic E-state index is 13.3. The fraction of sp³-hybridized carbons (Fsp3) is 0.208. The van der Waals surface area contributed by atoms with Crippen molar-refractivity contribution in [2.75, 3.05) is 18.4 Å². The second-order valence-electron chi connectivity index (χ2n) is 7.34. The third-order valence-electron chi connectivity index (χ3n) is 5.15. The average Bonchev–Trinajstić information content (AvgIpc) is 3.31. The van der Waals surface area contributed by atoms with Gasteiger partial charge in [0.15, 0.2) is 11.6 Å². The first kappa shape index (κ1) is 21.7. The van der Waals surface area contributed by atoms with E-state index in [1.54, 1.807) is 10.3 Å². The molecule has 0 aliphatic carbocycles. The molecule has 2 aromatic carbocycles. The molecule has 0 atom stereocenters. The number of benzene rings is 2. The van der Waals surface area contributed by atoms with Gasteiger partial charge in [-0.1, -0.05) is 24.1 Å². The van der Waals surface area contributed by atoms with Gasteiger partial charge in [0.1, 0.15) is 5.69 Å². The van der Waals surface area contributed by atoms with Crippen molar-refractivity contribution < 1.29 is 18.4 Å². The highest BCUT2D eigenvalue weighted by atomic mass is 32.1. The number of thiazole rings is 1. The van der Waals surface area contributed by atoms with E-state index in [2.05, 4.69) is 22.1 Å². The highest BCUT2D eigenvalue weighted by Crippen LogP contribution is 2.30. The van der Waals surface area contributed by atoms with Gasteiger partial charge in [-0.2, -0.15) is 0 Å². The van der Waals surface area contributed by atoms with Crippen LogP contribution in [0.15, 0.2) is 53.9 Å². The number of nitrogens with one attached hydrogen (secondary N) is 1. The van der Waals surface area contributed by atoms with E-state index in [1.807, 2.05) is 30.3 Å². The number of carbonyl (C=O) groups is 2. The molecular formula is C24H19F2N3O2S. The molecule has 0 spiro atoms. The van der Waals surface area contributed by atoms with Gasteiger partial charge >= 0.3 is 0 Å². The number of halogens is 2. The molecule has 0 radical (unpaired) electrons. The molecule has 0 bridgehead atoms. The molecule has 4 rings (SSSR count). The summed E-state index contributed by atoms with van der Waals surface area (Å²) in [4.78, 5) is 30.9. The number of piperidine rings is 1. The Kier molecular flexibility index (Phi) is 6.57. The van der Waals surface area contributed by atoms with Crippen LogP contribution in [0.2, 0.25) is 0 Å². The van der Waals surface area contributed by atoms with Crippen LogP contribution in [-0.4, -0.2) is 34.8 Å². The predicted octanol–water partition coefficient (Wildman–Crippen LogP) is 4.43. The van der Waals surface area contributed by atoms with Crippen molar-refractivity contribution in [3.8, 4) is 11.8 Å². The zero-order valence-corrected chi connectivity index (χ0v) is 17.8. The van der Waals surface area contributed by atoms with Gasteiger partial charge in [0, 0.05) is 47.6 Å². The normalized spacial score (nSPS) is 13.9. The van der Waals surface area contributed by atoms with Gasteiger partial charge in [-0.05, 0) is 37.1 Å². The molecule has 3 aromatic rings. The van der Waals surface area contributed by atoms with Crippen LogP contribution in [-0.2, 0) is 4.79 Å². The van der Waals surface area contributed by atoms with Crippen LogP contribution >= 0.6 is 11.3 Å². The topological polar surface area (TPSA) is 62.3 Å². The van der Waals surface area contributed by atoms with E-state index in [0.29, 0.717) is 13.1 Å². The van der Waals surface area contributed by atoms with Crippen LogP contribution < -0.4 is 5.32 Å². The summed E-state index contributed by atoms with van der Waals surface area (Å²) >= 11 is 1.38. The zero-order valence-electron chi connectivity index (χ0n) is 17.0. The van der Waals surface area contributed by atoms with Crippen LogP contribution in [0.4, 0.5) is 14.5 Å². The molecule has 162 valence electrons. The van der Waals surface area contributed by atoms with Gasteiger partial charge in [0.05, 0.1) is 5.01 Å². The van der Waals surface area contributed by atoms with Crippen LogP contribution in [0.5, 0.6) is 0 Å². The fourth-order valence-electron chi connectivity index (χ4n) is 3.40. The van der Waals surface area contributed by atoms with E-state index < -0.39 is 17.5 Å². The number of hydrogen-bond donors (Lipinski definition) is 1. The average molecular weight is 451 g/mol. The summed E-state index contributed by atoms with van der Waals surface area (Å²) in [5, 5.41) is 4.99. The minimum Gasteiger partial charge on any atom is -0.332 e. The maximum absolute atomic E-state index is 13.3. The number of likely N-dealkylation sites (tertiary alicyclic amines) is 1. The molecule has 1 N–H and O–H groups in total. The molecule has 1 aromatic heterocycles. The molecule has 1 aliphatic rings. The molecule has 2 amide bonds. The first-order valence-corrected chi connectivity index (χ1v) is 11.0. The van der Waals surface area contributed by atoms with Crippen molar-refractivity contribution in [1.29, 1.82) is 0 Å². The first-order valence-electron chi connectivity index (χ1n) is 10.1. The van der Waals surface area contributed by atoms with Gasteiger partial charge in [-0.15, -0.1) is 11.3 Å². The molecule has 5 nitrogen and oxygen atoms in total. The molecule has 8 heteroatoms. The smallest absolute Gasteiger partial charge is 0.298 e. The van der Waals surface area contributed by atoms with E-state index in [9.17, 15) is 18.4 Å². The largest absolute Gasteiger partial charge is 0.332 e. The van der Waals surface area contributed by atoms with E-state index in [0.717, 1.165) is 35.5 Å². The molecular weight excluding hydrogens is 432 g/mol. The van der Waals surface area contributed by atoms with Crippen LogP contribution in [0, 0.1) is 23.5 Å². The molecule has 0 unspecified atom stereocenters. The Balaban J connectivity index is 1.32. The summed E-state index contributed by atoms with van der Waals surface area (Å²) in [5.74, 6) is 3.04. The Labute approximate surface area is 188 Å². The van der Waals surface area contributed by atoms with Crippen LogP contribution in [0.3, 0.4) is 0 Å². The highest BCUT2D eigenvalue weighted by molar-refractivity contribution is 7.10. The van der Waals surface area contributed by atoms with Crippen molar-refractivity contribution in [2.24, 2.45) is 0 Å². The quantitative estimate of drug-likeness (QED) is 0.600. The minimum absolute atomic E-state index is 0.149. The second-order valence-corrected chi connectivity index (χ2v) is 8.23. The van der Waals surface area contributed by atoms with Crippen LogP contribution in [0.1, 0.15) is 39.8 Å². The van der Waals surface area contributed by atoms with Crippen LogP contribution in [0.25, 0.3) is 0 Å². The minimum atomic E-state index is -1.03. The molecule has 1 fully saturated rings. The van der Waals surface area contributed by atoms with Gasteiger partial charge in [0.25, 0.3) is 11.8 Å². The van der Waals surface area contributed by atoms with Crippen molar-refractivity contribution in [3.05, 3.63) is 81.8 Å². The molecule has 2 heterocycles. The molecule has 32 heavy (non-hydrogen) atoms. The van der Waals surface area contributed by atoms with Gasteiger partial charge in [-0.3, -0.25) is 9.59 Å². The Hall–Kier alpha value is -3.57. The number of aromatic nitrogens is 1. The lowest BCUT2D eigenvalue weighted by Crippen LogP contribution is -2.37. The first-order chi connectivity index (χ1) is 15.5. The second kappa shape index (κ2) is 9.71. The lowest BCUT2D eigenvalue weighted by atomic mass is 9.97. The zero-order chi connectivity index (χ0) is 22.5. The Morgan fingerprint density at radius 1 is 1.06 bits per heavy atom. The summed E-state index contributed by atoms with van der Waals surface area (Å²) in [6.45, 7) is 1.14. The lowest BCUT2D eigenvalue weighted by Gasteiger charge is -2.29. The number of amides is 2. The number of anilines is 1. The van der Waals surface area contributed by atoms with Crippen molar-refractivity contribution >= 4 is 28.8 Å². The SMILES string of the molecule is O=C(Nc1ccc(F)c(F)c1)c1csc(C2CCN(C(=O)C#Cc3ccccc3)CC2)n1. The molecule has 0 saturated carbocycles. The predicted molar refractivity (Wildman–Crippen MR) is 118 cm³/mol. The van der Waals surface area contributed by atoms with E-state index in [4.69, 9.17) is 0 Å². The fourth-order valence-corrected chi connectivity index (χ4v) is 4.38. The summed E-state index contributed by atoms with van der Waals surface area (Å²) in [6.07, 6.45) is 1.47.